The number of hydrogen-bond acceptors (Lipinski definition) is 4. The van der Waals surface area contributed by atoms with Crippen LogP contribution in [0.3, 0.4) is 0 Å². The largest absolute Gasteiger partial charge is 0.492 e. The zero-order chi connectivity index (χ0) is 14.1. The highest BCUT2D eigenvalue weighted by Gasteiger charge is 2.06. The van der Waals surface area contributed by atoms with E-state index in [1.165, 1.54) is 25.5 Å². The summed E-state index contributed by atoms with van der Waals surface area (Å²) in [5.74, 6) is 0.697. The topological polar surface area (TPSA) is 55.4 Å². The van der Waals surface area contributed by atoms with Crippen molar-refractivity contribution in [3.8, 4) is 5.75 Å². The van der Waals surface area contributed by atoms with E-state index in [2.05, 4.69) is 12.2 Å². The van der Waals surface area contributed by atoms with Crippen molar-refractivity contribution in [3.05, 3.63) is 24.3 Å². The Kier molecular flexibility index (Phi) is 6.87. The minimum Gasteiger partial charge on any atom is -0.492 e. The molecule has 0 bridgehead atoms. The Bertz CT molecular complexity index is 454. The fourth-order valence-corrected chi connectivity index (χ4v) is 2.28. The molecule has 0 radical (unpaired) electrons. The van der Waals surface area contributed by atoms with E-state index in [1.807, 2.05) is 0 Å². The van der Waals surface area contributed by atoms with E-state index in [9.17, 15) is 8.42 Å². The van der Waals surface area contributed by atoms with E-state index in [4.69, 9.17) is 4.74 Å². The van der Waals surface area contributed by atoms with E-state index >= 15 is 0 Å². The predicted molar refractivity (Wildman–Crippen MR) is 77.4 cm³/mol. The van der Waals surface area contributed by atoms with E-state index in [0.29, 0.717) is 17.3 Å². The fraction of sp³-hybridized carbons (Fsp3) is 0.571. The second kappa shape index (κ2) is 8.17. The van der Waals surface area contributed by atoms with Crippen molar-refractivity contribution in [1.82, 2.24) is 5.32 Å². The Labute approximate surface area is 116 Å². The van der Waals surface area contributed by atoms with Gasteiger partial charge in [-0.25, -0.2) is 8.42 Å². The van der Waals surface area contributed by atoms with Crippen LogP contribution in [0.4, 0.5) is 0 Å². The molecule has 0 fully saturated rings. The molecule has 5 heteroatoms. The quantitative estimate of drug-likeness (QED) is 0.707. The highest BCUT2D eigenvalue weighted by Crippen LogP contribution is 2.15. The highest BCUT2D eigenvalue weighted by molar-refractivity contribution is 7.90. The van der Waals surface area contributed by atoms with Crippen molar-refractivity contribution in [2.75, 3.05) is 26.0 Å². The lowest BCUT2D eigenvalue weighted by Gasteiger charge is -2.08. The van der Waals surface area contributed by atoms with Crippen LogP contribution in [-0.4, -0.2) is 34.4 Å². The van der Waals surface area contributed by atoms with Gasteiger partial charge in [0, 0.05) is 12.8 Å². The maximum Gasteiger partial charge on any atom is 0.175 e. The minimum atomic E-state index is -3.13. The van der Waals surface area contributed by atoms with Gasteiger partial charge in [-0.3, -0.25) is 0 Å². The number of sulfone groups is 1. The van der Waals surface area contributed by atoms with Gasteiger partial charge in [0.05, 0.1) is 4.90 Å². The van der Waals surface area contributed by atoms with Crippen molar-refractivity contribution in [1.29, 1.82) is 0 Å². The van der Waals surface area contributed by atoms with Gasteiger partial charge in [0.2, 0.25) is 0 Å². The molecule has 19 heavy (non-hydrogen) atoms. The Morgan fingerprint density at radius 1 is 1.11 bits per heavy atom. The van der Waals surface area contributed by atoms with Crippen molar-refractivity contribution in [3.63, 3.8) is 0 Å². The van der Waals surface area contributed by atoms with Crippen LogP contribution < -0.4 is 10.1 Å². The second-order valence-corrected chi connectivity index (χ2v) is 6.56. The van der Waals surface area contributed by atoms with Gasteiger partial charge in [0.25, 0.3) is 0 Å². The molecule has 0 heterocycles. The summed E-state index contributed by atoms with van der Waals surface area (Å²) in [6.45, 7) is 4.59. The normalized spacial score (nSPS) is 11.5. The van der Waals surface area contributed by atoms with Gasteiger partial charge >= 0.3 is 0 Å². The summed E-state index contributed by atoms with van der Waals surface area (Å²) < 4.78 is 28.1. The highest BCUT2D eigenvalue weighted by atomic mass is 32.2. The first kappa shape index (κ1) is 16.0. The van der Waals surface area contributed by atoms with Crippen LogP contribution in [0.15, 0.2) is 29.2 Å². The molecule has 1 aromatic rings. The Hall–Kier alpha value is -1.07. The van der Waals surface area contributed by atoms with E-state index in [-0.39, 0.29) is 0 Å². The molecule has 108 valence electrons. The maximum atomic E-state index is 11.3. The zero-order valence-electron chi connectivity index (χ0n) is 11.7. The van der Waals surface area contributed by atoms with Gasteiger partial charge in [0.15, 0.2) is 9.84 Å². The Morgan fingerprint density at radius 3 is 2.37 bits per heavy atom. The Balaban J connectivity index is 2.23. The van der Waals surface area contributed by atoms with Crippen molar-refractivity contribution >= 4 is 9.84 Å². The van der Waals surface area contributed by atoms with Crippen LogP contribution in [0.5, 0.6) is 5.75 Å². The summed E-state index contributed by atoms with van der Waals surface area (Å²) in [5, 5.41) is 3.31. The average molecular weight is 285 g/mol. The number of benzene rings is 1. The minimum absolute atomic E-state index is 0.317. The summed E-state index contributed by atoms with van der Waals surface area (Å²) in [6, 6.07) is 6.51. The second-order valence-electron chi connectivity index (χ2n) is 4.55. The first-order valence-electron chi connectivity index (χ1n) is 6.67. The summed E-state index contributed by atoms with van der Waals surface area (Å²) in [6.07, 6.45) is 4.87. The lowest BCUT2D eigenvalue weighted by molar-refractivity contribution is 0.313. The van der Waals surface area contributed by atoms with Gasteiger partial charge in [-0.15, -0.1) is 0 Å². The number of hydrogen-bond donors (Lipinski definition) is 1. The van der Waals surface area contributed by atoms with Gasteiger partial charge in [-0.2, -0.15) is 0 Å². The molecule has 0 saturated heterocycles. The van der Waals surface area contributed by atoms with E-state index in [1.54, 1.807) is 24.3 Å². The first-order valence-corrected chi connectivity index (χ1v) is 8.57. The Morgan fingerprint density at radius 2 is 1.79 bits per heavy atom. The van der Waals surface area contributed by atoms with Crippen LogP contribution in [-0.2, 0) is 9.84 Å². The SMILES string of the molecule is CCCCCNCCOc1ccc(S(C)(=O)=O)cc1. The lowest BCUT2D eigenvalue weighted by atomic mass is 10.2. The molecule has 0 spiro atoms. The molecular formula is C14H23NO3S. The smallest absolute Gasteiger partial charge is 0.175 e. The molecular weight excluding hydrogens is 262 g/mol. The van der Waals surface area contributed by atoms with Crippen LogP contribution in [0, 0.1) is 0 Å². The van der Waals surface area contributed by atoms with Crippen LogP contribution in [0.2, 0.25) is 0 Å². The molecule has 4 nitrogen and oxygen atoms in total. The van der Waals surface area contributed by atoms with Crippen LogP contribution in [0.25, 0.3) is 0 Å². The standard InChI is InChI=1S/C14H23NO3S/c1-3-4-5-10-15-11-12-18-13-6-8-14(9-7-13)19(2,16)17/h6-9,15H,3-5,10-12H2,1-2H3. The molecule has 0 aromatic heterocycles. The van der Waals surface area contributed by atoms with Crippen molar-refractivity contribution in [2.45, 2.75) is 31.1 Å². The number of ether oxygens (including phenoxy) is 1. The van der Waals surface area contributed by atoms with Crippen molar-refractivity contribution < 1.29 is 13.2 Å². The molecule has 0 atom stereocenters. The summed E-state index contributed by atoms with van der Waals surface area (Å²) in [4.78, 5) is 0.317. The summed E-state index contributed by atoms with van der Waals surface area (Å²) in [5.41, 5.74) is 0. The number of unbranched alkanes of at least 4 members (excludes halogenated alkanes) is 2. The van der Waals surface area contributed by atoms with Gasteiger partial charge in [0.1, 0.15) is 12.4 Å². The van der Waals surface area contributed by atoms with Gasteiger partial charge in [-0.1, -0.05) is 19.8 Å². The molecule has 1 N–H and O–H groups in total. The molecule has 0 unspecified atom stereocenters. The number of rotatable bonds is 9. The monoisotopic (exact) mass is 285 g/mol. The van der Waals surface area contributed by atoms with E-state index < -0.39 is 9.84 Å². The predicted octanol–water partition coefficient (Wildman–Crippen LogP) is 2.25. The average Bonchev–Trinajstić information content (AvgIpc) is 2.37. The van der Waals surface area contributed by atoms with Crippen LogP contribution >= 0.6 is 0 Å². The summed E-state index contributed by atoms with van der Waals surface area (Å²) in [7, 11) is -3.13. The third-order valence-electron chi connectivity index (χ3n) is 2.76. The third-order valence-corrected chi connectivity index (χ3v) is 3.89. The van der Waals surface area contributed by atoms with Crippen molar-refractivity contribution in [2.24, 2.45) is 0 Å². The number of nitrogens with one attached hydrogen (secondary N) is 1. The summed E-state index contributed by atoms with van der Waals surface area (Å²) >= 11 is 0. The molecule has 0 amide bonds. The molecule has 0 aliphatic carbocycles. The van der Waals surface area contributed by atoms with E-state index in [0.717, 1.165) is 13.1 Å². The van der Waals surface area contributed by atoms with Gasteiger partial charge < -0.3 is 10.1 Å². The molecule has 1 rings (SSSR count). The molecule has 1 aromatic carbocycles. The van der Waals surface area contributed by atoms with Gasteiger partial charge in [-0.05, 0) is 37.2 Å². The molecule has 0 aliphatic rings. The first-order chi connectivity index (χ1) is 9.04. The van der Waals surface area contributed by atoms with Crippen LogP contribution in [0.1, 0.15) is 26.2 Å². The fourth-order valence-electron chi connectivity index (χ4n) is 1.65. The third kappa shape index (κ3) is 6.59. The zero-order valence-corrected chi connectivity index (χ0v) is 12.5. The lowest BCUT2D eigenvalue weighted by Crippen LogP contribution is -2.22. The molecule has 0 aliphatic heterocycles. The molecule has 0 saturated carbocycles. The maximum absolute atomic E-state index is 11.3.